The number of nitrogens with one attached hydrogen (secondary N) is 1. The van der Waals surface area contributed by atoms with Crippen molar-refractivity contribution in [2.75, 3.05) is 13.2 Å². The van der Waals surface area contributed by atoms with Crippen LogP contribution in [0.3, 0.4) is 0 Å². The Labute approximate surface area is 124 Å². The lowest BCUT2D eigenvalue weighted by Crippen LogP contribution is -2.38. The number of ether oxygens (including phenoxy) is 1. The van der Waals surface area contributed by atoms with Gasteiger partial charge in [-0.15, -0.1) is 0 Å². The van der Waals surface area contributed by atoms with Crippen LogP contribution in [0.2, 0.25) is 5.02 Å². The SMILES string of the molecule is OC(CNC1CCCCC1)COc1ccc(Cl)c(F)c1. The van der Waals surface area contributed by atoms with E-state index in [1.54, 1.807) is 6.07 Å². The van der Waals surface area contributed by atoms with Crippen molar-refractivity contribution < 1.29 is 14.2 Å². The Morgan fingerprint density at radius 2 is 2.10 bits per heavy atom. The minimum atomic E-state index is -0.601. The summed E-state index contributed by atoms with van der Waals surface area (Å²) in [5.41, 5.74) is 0. The van der Waals surface area contributed by atoms with E-state index in [4.69, 9.17) is 16.3 Å². The molecule has 0 radical (unpaired) electrons. The molecule has 2 rings (SSSR count). The van der Waals surface area contributed by atoms with Gasteiger partial charge in [0.2, 0.25) is 0 Å². The van der Waals surface area contributed by atoms with Crippen LogP contribution in [0.25, 0.3) is 0 Å². The van der Waals surface area contributed by atoms with Gasteiger partial charge in [-0.3, -0.25) is 0 Å². The van der Waals surface area contributed by atoms with Gasteiger partial charge in [-0.1, -0.05) is 30.9 Å². The van der Waals surface area contributed by atoms with E-state index in [9.17, 15) is 9.50 Å². The van der Waals surface area contributed by atoms with E-state index in [0.717, 1.165) is 0 Å². The summed E-state index contributed by atoms with van der Waals surface area (Å²) in [6.07, 6.45) is 5.58. The van der Waals surface area contributed by atoms with Gasteiger partial charge in [-0.2, -0.15) is 0 Å². The molecule has 0 aliphatic heterocycles. The normalized spacial score (nSPS) is 17.9. The molecule has 0 amide bonds. The van der Waals surface area contributed by atoms with Gasteiger partial charge >= 0.3 is 0 Å². The predicted molar refractivity (Wildman–Crippen MR) is 77.8 cm³/mol. The van der Waals surface area contributed by atoms with Crippen LogP contribution in [0.4, 0.5) is 4.39 Å². The van der Waals surface area contributed by atoms with Crippen molar-refractivity contribution >= 4 is 11.6 Å². The van der Waals surface area contributed by atoms with E-state index < -0.39 is 11.9 Å². The first-order valence-corrected chi connectivity index (χ1v) is 7.52. The maximum absolute atomic E-state index is 13.2. The third-order valence-electron chi connectivity index (χ3n) is 3.58. The highest BCUT2D eigenvalue weighted by atomic mass is 35.5. The van der Waals surface area contributed by atoms with Gasteiger partial charge in [0.05, 0.1) is 5.02 Å². The molecule has 1 aromatic rings. The number of aliphatic hydroxyl groups is 1. The monoisotopic (exact) mass is 301 g/mol. The summed E-state index contributed by atoms with van der Waals surface area (Å²) >= 11 is 5.59. The van der Waals surface area contributed by atoms with Crippen molar-refractivity contribution in [3.63, 3.8) is 0 Å². The summed E-state index contributed by atoms with van der Waals surface area (Å²) in [5.74, 6) is -0.136. The number of hydrogen-bond acceptors (Lipinski definition) is 3. The van der Waals surface area contributed by atoms with Crippen LogP contribution in [-0.2, 0) is 0 Å². The molecule has 1 fully saturated rings. The fourth-order valence-corrected chi connectivity index (χ4v) is 2.54. The molecule has 0 spiro atoms. The Morgan fingerprint density at radius 1 is 1.35 bits per heavy atom. The zero-order chi connectivity index (χ0) is 14.4. The summed E-state index contributed by atoms with van der Waals surface area (Å²) in [7, 11) is 0. The van der Waals surface area contributed by atoms with Crippen LogP contribution in [0.1, 0.15) is 32.1 Å². The Kier molecular flexibility index (Phi) is 6.07. The Balaban J connectivity index is 1.68. The van der Waals surface area contributed by atoms with Crippen LogP contribution in [-0.4, -0.2) is 30.4 Å². The lowest BCUT2D eigenvalue weighted by atomic mass is 9.95. The van der Waals surface area contributed by atoms with Gasteiger partial charge in [0.1, 0.15) is 24.3 Å². The lowest BCUT2D eigenvalue weighted by molar-refractivity contribution is 0.102. The van der Waals surface area contributed by atoms with E-state index in [2.05, 4.69) is 5.32 Å². The molecule has 1 atom stereocenters. The van der Waals surface area contributed by atoms with Crippen LogP contribution in [0.15, 0.2) is 18.2 Å². The first-order valence-electron chi connectivity index (χ1n) is 7.14. The molecular formula is C15H21ClFNO2. The molecule has 1 aromatic carbocycles. The van der Waals surface area contributed by atoms with Crippen molar-refractivity contribution in [3.8, 4) is 5.75 Å². The van der Waals surface area contributed by atoms with Gasteiger partial charge < -0.3 is 15.2 Å². The first kappa shape index (κ1) is 15.5. The second-order valence-corrected chi connectivity index (χ2v) is 5.69. The van der Waals surface area contributed by atoms with E-state index in [1.807, 2.05) is 0 Å². The molecule has 112 valence electrons. The van der Waals surface area contributed by atoms with E-state index >= 15 is 0 Å². The van der Waals surface area contributed by atoms with Gasteiger partial charge in [0.15, 0.2) is 0 Å². The first-order chi connectivity index (χ1) is 9.65. The topological polar surface area (TPSA) is 41.5 Å². The summed E-state index contributed by atoms with van der Waals surface area (Å²) in [4.78, 5) is 0. The summed E-state index contributed by atoms with van der Waals surface area (Å²) in [5, 5.41) is 13.3. The predicted octanol–water partition coefficient (Wildman–Crippen LogP) is 3.14. The van der Waals surface area contributed by atoms with E-state index in [-0.39, 0.29) is 11.6 Å². The standard InChI is InChI=1S/C15H21ClFNO2/c16-14-7-6-13(8-15(14)17)20-10-12(19)9-18-11-4-2-1-3-5-11/h6-8,11-12,18-19H,1-5,9-10H2. The fraction of sp³-hybridized carbons (Fsp3) is 0.600. The largest absolute Gasteiger partial charge is 0.491 e. The van der Waals surface area contributed by atoms with Crippen molar-refractivity contribution in [3.05, 3.63) is 29.0 Å². The maximum Gasteiger partial charge on any atom is 0.145 e. The molecule has 0 saturated heterocycles. The van der Waals surface area contributed by atoms with E-state index in [0.29, 0.717) is 18.3 Å². The molecule has 0 bridgehead atoms. The Hall–Kier alpha value is -0.840. The number of benzene rings is 1. The molecule has 1 unspecified atom stereocenters. The summed E-state index contributed by atoms with van der Waals surface area (Å²) < 4.78 is 18.6. The van der Waals surface area contributed by atoms with Crippen molar-refractivity contribution in [1.82, 2.24) is 5.32 Å². The molecule has 0 aromatic heterocycles. The Bertz CT molecular complexity index is 424. The molecule has 0 heterocycles. The fourth-order valence-electron chi connectivity index (χ4n) is 2.43. The highest BCUT2D eigenvalue weighted by Crippen LogP contribution is 2.20. The number of hydrogen-bond donors (Lipinski definition) is 2. The van der Waals surface area contributed by atoms with E-state index in [1.165, 1.54) is 44.2 Å². The summed E-state index contributed by atoms with van der Waals surface area (Å²) in [6, 6.07) is 4.77. The molecule has 3 nitrogen and oxygen atoms in total. The van der Waals surface area contributed by atoms with Gasteiger partial charge in [-0.05, 0) is 25.0 Å². The molecule has 1 aliphatic rings. The quantitative estimate of drug-likeness (QED) is 0.848. The number of halogens is 2. The average Bonchev–Trinajstić information content (AvgIpc) is 2.47. The Morgan fingerprint density at radius 3 is 2.80 bits per heavy atom. The van der Waals surface area contributed by atoms with Gasteiger partial charge in [0, 0.05) is 18.7 Å². The highest BCUT2D eigenvalue weighted by molar-refractivity contribution is 6.30. The molecule has 2 N–H and O–H groups in total. The highest BCUT2D eigenvalue weighted by Gasteiger charge is 2.14. The molecular weight excluding hydrogens is 281 g/mol. The third kappa shape index (κ3) is 4.93. The number of rotatable bonds is 6. The third-order valence-corrected chi connectivity index (χ3v) is 3.89. The smallest absolute Gasteiger partial charge is 0.145 e. The lowest BCUT2D eigenvalue weighted by Gasteiger charge is -2.24. The minimum Gasteiger partial charge on any atom is -0.491 e. The molecule has 1 aliphatic carbocycles. The van der Waals surface area contributed by atoms with Gasteiger partial charge in [-0.25, -0.2) is 4.39 Å². The average molecular weight is 302 g/mol. The van der Waals surface area contributed by atoms with Crippen molar-refractivity contribution in [2.24, 2.45) is 0 Å². The number of aliphatic hydroxyl groups excluding tert-OH is 1. The zero-order valence-corrected chi connectivity index (χ0v) is 12.2. The molecule has 5 heteroatoms. The van der Waals surface area contributed by atoms with Crippen LogP contribution in [0, 0.1) is 5.82 Å². The second-order valence-electron chi connectivity index (χ2n) is 5.28. The molecule has 1 saturated carbocycles. The van der Waals surface area contributed by atoms with Crippen LogP contribution < -0.4 is 10.1 Å². The van der Waals surface area contributed by atoms with Crippen LogP contribution >= 0.6 is 11.6 Å². The van der Waals surface area contributed by atoms with Crippen LogP contribution in [0.5, 0.6) is 5.75 Å². The zero-order valence-electron chi connectivity index (χ0n) is 11.4. The second kappa shape index (κ2) is 7.81. The maximum atomic E-state index is 13.2. The van der Waals surface area contributed by atoms with Gasteiger partial charge in [0.25, 0.3) is 0 Å². The minimum absolute atomic E-state index is 0.0665. The summed E-state index contributed by atoms with van der Waals surface area (Å²) in [6.45, 7) is 0.640. The van der Waals surface area contributed by atoms with Crippen molar-refractivity contribution in [1.29, 1.82) is 0 Å². The van der Waals surface area contributed by atoms with Crippen molar-refractivity contribution in [2.45, 2.75) is 44.2 Å². The molecule has 20 heavy (non-hydrogen) atoms.